The van der Waals surface area contributed by atoms with Crippen molar-refractivity contribution in [2.45, 2.75) is 0 Å². The third-order valence-electron chi connectivity index (χ3n) is 1.62. The molecule has 0 aromatic carbocycles. The van der Waals surface area contributed by atoms with Crippen molar-refractivity contribution in [3.8, 4) is 5.06 Å². The largest absolute Gasteiger partial charge is 0.514 e. The summed E-state index contributed by atoms with van der Waals surface area (Å²) in [5, 5.41) is 1.45. The highest BCUT2D eigenvalue weighted by atomic mass is 32.1. The molecule has 0 fully saturated rings. The van der Waals surface area contributed by atoms with Gasteiger partial charge >= 0.3 is 6.16 Å². The molecule has 0 amide bonds. The molecule has 0 aliphatic rings. The number of carbonyl (C=O) groups is 1. The summed E-state index contributed by atoms with van der Waals surface area (Å²) in [5.74, 6) is 0. The van der Waals surface area contributed by atoms with Crippen LogP contribution in [0.2, 0.25) is 0 Å². The summed E-state index contributed by atoms with van der Waals surface area (Å²) in [6.45, 7) is 0. The lowest BCUT2D eigenvalue weighted by atomic mass is 10.3. The monoisotopic (exact) mass is 209 g/mol. The smallest absolute Gasteiger partial charge is 0.437 e. The van der Waals surface area contributed by atoms with Crippen molar-refractivity contribution in [3.05, 3.63) is 24.4 Å². The SMILES string of the molecule is COC(=O)Oc1cc2cccnc2s1. The van der Waals surface area contributed by atoms with E-state index < -0.39 is 6.16 Å². The second kappa shape index (κ2) is 3.63. The molecule has 0 spiro atoms. The highest BCUT2D eigenvalue weighted by Crippen LogP contribution is 2.29. The molecular formula is C9H7NO3S. The van der Waals surface area contributed by atoms with Gasteiger partial charge in [0.2, 0.25) is 0 Å². The minimum Gasteiger partial charge on any atom is -0.437 e. The van der Waals surface area contributed by atoms with E-state index in [1.54, 1.807) is 12.3 Å². The van der Waals surface area contributed by atoms with Crippen LogP contribution < -0.4 is 4.74 Å². The molecule has 0 bridgehead atoms. The molecule has 0 N–H and O–H groups in total. The molecule has 72 valence electrons. The van der Waals surface area contributed by atoms with Gasteiger partial charge in [0.25, 0.3) is 0 Å². The zero-order chi connectivity index (χ0) is 9.97. The fourth-order valence-corrected chi connectivity index (χ4v) is 1.87. The topological polar surface area (TPSA) is 48.4 Å². The van der Waals surface area contributed by atoms with Crippen LogP contribution in [0.4, 0.5) is 4.79 Å². The Labute approximate surface area is 84.1 Å². The van der Waals surface area contributed by atoms with Crippen LogP contribution in [-0.4, -0.2) is 18.2 Å². The molecule has 14 heavy (non-hydrogen) atoms. The van der Waals surface area contributed by atoms with Gasteiger partial charge in [0, 0.05) is 17.6 Å². The molecule has 0 saturated heterocycles. The summed E-state index contributed by atoms with van der Waals surface area (Å²) in [6, 6.07) is 5.49. The maximum Gasteiger partial charge on any atom is 0.514 e. The minimum absolute atomic E-state index is 0.491. The average Bonchev–Trinajstić information content (AvgIpc) is 2.59. The lowest BCUT2D eigenvalue weighted by molar-refractivity contribution is 0.123. The first-order valence-electron chi connectivity index (χ1n) is 3.90. The summed E-state index contributed by atoms with van der Waals surface area (Å²) >= 11 is 1.31. The van der Waals surface area contributed by atoms with Crippen molar-refractivity contribution in [1.29, 1.82) is 0 Å². The molecule has 0 radical (unpaired) electrons. The summed E-state index contributed by atoms with van der Waals surface area (Å²) in [6.07, 6.45) is 0.984. The van der Waals surface area contributed by atoms with Crippen molar-refractivity contribution in [2.75, 3.05) is 7.11 Å². The first-order valence-corrected chi connectivity index (χ1v) is 4.71. The Balaban J connectivity index is 2.31. The van der Waals surface area contributed by atoms with Crippen molar-refractivity contribution in [1.82, 2.24) is 4.98 Å². The molecule has 2 aromatic rings. The first-order chi connectivity index (χ1) is 6.79. The van der Waals surface area contributed by atoms with Gasteiger partial charge in [-0.3, -0.25) is 0 Å². The van der Waals surface area contributed by atoms with Gasteiger partial charge < -0.3 is 9.47 Å². The van der Waals surface area contributed by atoms with E-state index in [2.05, 4.69) is 9.72 Å². The molecule has 0 unspecified atom stereocenters. The van der Waals surface area contributed by atoms with Crippen molar-refractivity contribution >= 4 is 27.7 Å². The van der Waals surface area contributed by atoms with Gasteiger partial charge in [-0.05, 0) is 6.07 Å². The summed E-state index contributed by atoms with van der Waals surface area (Å²) in [4.78, 5) is 15.8. The summed E-state index contributed by atoms with van der Waals surface area (Å²) in [5.41, 5.74) is 0. The molecule has 0 aliphatic heterocycles. The fraction of sp³-hybridized carbons (Fsp3) is 0.111. The highest BCUT2D eigenvalue weighted by molar-refractivity contribution is 7.20. The predicted molar refractivity (Wildman–Crippen MR) is 52.7 cm³/mol. The molecule has 2 heterocycles. The molecule has 4 nitrogen and oxygen atoms in total. The Morgan fingerprint density at radius 3 is 3.14 bits per heavy atom. The zero-order valence-corrected chi connectivity index (χ0v) is 8.21. The van der Waals surface area contributed by atoms with E-state index >= 15 is 0 Å². The highest BCUT2D eigenvalue weighted by Gasteiger charge is 2.07. The lowest BCUT2D eigenvalue weighted by Gasteiger charge is -1.96. The molecule has 5 heteroatoms. The number of pyridine rings is 1. The number of methoxy groups -OCH3 is 1. The molecule has 0 atom stereocenters. The normalized spacial score (nSPS) is 10.1. The van der Waals surface area contributed by atoms with E-state index in [-0.39, 0.29) is 0 Å². The van der Waals surface area contributed by atoms with Crippen LogP contribution in [0.1, 0.15) is 0 Å². The molecule has 2 aromatic heterocycles. The third kappa shape index (κ3) is 1.67. The molecule has 0 saturated carbocycles. The van der Waals surface area contributed by atoms with Gasteiger partial charge in [0.05, 0.1) is 7.11 Å². The van der Waals surface area contributed by atoms with Crippen LogP contribution in [0.25, 0.3) is 10.2 Å². The van der Waals surface area contributed by atoms with Gasteiger partial charge in [-0.15, -0.1) is 0 Å². The predicted octanol–water partition coefficient (Wildman–Crippen LogP) is 2.44. The lowest BCUT2D eigenvalue weighted by Crippen LogP contribution is -2.05. The number of rotatable bonds is 1. The Hall–Kier alpha value is -1.62. The number of ether oxygens (including phenoxy) is 2. The quantitative estimate of drug-likeness (QED) is 0.677. The number of nitrogens with zero attached hydrogens (tertiary/aromatic N) is 1. The van der Waals surface area contributed by atoms with Gasteiger partial charge in [0.15, 0.2) is 5.06 Å². The Morgan fingerprint density at radius 1 is 1.57 bits per heavy atom. The van der Waals surface area contributed by atoms with E-state index in [4.69, 9.17) is 4.74 Å². The van der Waals surface area contributed by atoms with Gasteiger partial charge in [-0.25, -0.2) is 9.78 Å². The fourth-order valence-electron chi connectivity index (χ4n) is 1.02. The number of carbonyl (C=O) groups excluding carboxylic acids is 1. The standard InChI is InChI=1S/C9H7NO3S/c1-12-9(11)13-7-5-6-3-2-4-10-8(6)14-7/h2-5H,1H3. The van der Waals surface area contributed by atoms with Gasteiger partial charge in [-0.1, -0.05) is 17.4 Å². The number of thiophene rings is 1. The molecular weight excluding hydrogens is 202 g/mol. The zero-order valence-electron chi connectivity index (χ0n) is 7.39. The minimum atomic E-state index is -0.712. The second-order valence-electron chi connectivity index (χ2n) is 2.52. The number of hydrogen-bond acceptors (Lipinski definition) is 5. The summed E-state index contributed by atoms with van der Waals surface area (Å²) < 4.78 is 9.24. The van der Waals surface area contributed by atoms with Crippen LogP contribution in [0.15, 0.2) is 24.4 Å². The van der Waals surface area contributed by atoms with E-state index in [1.807, 2.05) is 12.1 Å². The maximum absolute atomic E-state index is 10.8. The van der Waals surface area contributed by atoms with E-state index in [1.165, 1.54) is 18.4 Å². The Kier molecular flexibility index (Phi) is 2.32. The maximum atomic E-state index is 10.8. The number of fused-ring (bicyclic) bond motifs is 1. The Morgan fingerprint density at radius 2 is 2.43 bits per heavy atom. The van der Waals surface area contributed by atoms with Crippen molar-refractivity contribution < 1.29 is 14.3 Å². The van der Waals surface area contributed by atoms with E-state index in [0.717, 1.165) is 10.2 Å². The average molecular weight is 209 g/mol. The van der Waals surface area contributed by atoms with Crippen LogP contribution >= 0.6 is 11.3 Å². The Bertz CT molecular complexity index is 433. The van der Waals surface area contributed by atoms with Gasteiger partial charge in [-0.2, -0.15) is 0 Å². The van der Waals surface area contributed by atoms with Crippen LogP contribution in [0.5, 0.6) is 5.06 Å². The summed E-state index contributed by atoms with van der Waals surface area (Å²) in [7, 11) is 1.27. The van der Waals surface area contributed by atoms with Crippen LogP contribution in [0, 0.1) is 0 Å². The van der Waals surface area contributed by atoms with E-state index in [0.29, 0.717) is 5.06 Å². The van der Waals surface area contributed by atoms with Crippen molar-refractivity contribution in [3.63, 3.8) is 0 Å². The van der Waals surface area contributed by atoms with E-state index in [9.17, 15) is 4.79 Å². The number of aromatic nitrogens is 1. The number of hydrogen-bond donors (Lipinski definition) is 0. The third-order valence-corrected chi connectivity index (χ3v) is 2.56. The second-order valence-corrected chi connectivity index (χ2v) is 3.51. The van der Waals surface area contributed by atoms with Crippen LogP contribution in [-0.2, 0) is 4.74 Å². The first kappa shape index (κ1) is 8.96. The molecule has 0 aliphatic carbocycles. The van der Waals surface area contributed by atoms with Gasteiger partial charge in [0.1, 0.15) is 4.83 Å². The van der Waals surface area contributed by atoms with Crippen molar-refractivity contribution in [2.24, 2.45) is 0 Å². The molecule has 2 rings (SSSR count). The van der Waals surface area contributed by atoms with Crippen LogP contribution in [0.3, 0.4) is 0 Å².